The first kappa shape index (κ1) is 19.9. The number of hydrogen-bond acceptors (Lipinski definition) is 6. The molecule has 1 unspecified atom stereocenters. The Labute approximate surface area is 147 Å². The number of ether oxygens (including phenoxy) is 2. The molecule has 3 heterocycles. The number of carbonyl (C=O) groups excluding carboxylic acids is 1. The average Bonchev–Trinajstić information content (AvgIpc) is 2.57. The highest BCUT2D eigenvalue weighted by atomic mass is 35.5. The molecule has 2 N–H and O–H groups in total. The van der Waals surface area contributed by atoms with Crippen LogP contribution in [0.5, 0.6) is 0 Å². The molecule has 23 heavy (non-hydrogen) atoms. The minimum atomic E-state index is -0.448. The molecule has 0 radical (unpaired) electrons. The van der Waals surface area contributed by atoms with E-state index in [2.05, 4.69) is 20.5 Å². The van der Waals surface area contributed by atoms with Crippen LogP contribution in [0.3, 0.4) is 0 Å². The second-order valence-electron chi connectivity index (χ2n) is 5.03. The van der Waals surface area contributed by atoms with E-state index in [9.17, 15) is 4.79 Å². The van der Waals surface area contributed by atoms with Gasteiger partial charge in [0.15, 0.2) is 5.82 Å². The van der Waals surface area contributed by atoms with Gasteiger partial charge in [-0.1, -0.05) is 0 Å². The summed E-state index contributed by atoms with van der Waals surface area (Å²) in [5, 5.41) is 6.08. The number of morpholine rings is 2. The van der Waals surface area contributed by atoms with Gasteiger partial charge in [0.05, 0.1) is 25.5 Å². The van der Waals surface area contributed by atoms with Gasteiger partial charge in [0.1, 0.15) is 6.10 Å². The second kappa shape index (κ2) is 9.89. The number of amides is 1. The van der Waals surface area contributed by atoms with E-state index < -0.39 is 6.10 Å². The van der Waals surface area contributed by atoms with Crippen LogP contribution in [0.25, 0.3) is 0 Å². The van der Waals surface area contributed by atoms with E-state index in [1.165, 1.54) is 0 Å². The van der Waals surface area contributed by atoms with Crippen molar-refractivity contribution in [1.82, 2.24) is 10.3 Å². The maximum atomic E-state index is 12.3. The molecule has 7 nitrogen and oxygen atoms in total. The SMILES string of the molecule is Cl.Cl.O=C(Nc1cccnc1N1CCOCC1)C1CNCCO1. The van der Waals surface area contributed by atoms with Crippen molar-refractivity contribution in [2.45, 2.75) is 6.10 Å². The lowest BCUT2D eigenvalue weighted by atomic mass is 10.2. The van der Waals surface area contributed by atoms with Crippen LogP contribution >= 0.6 is 24.8 Å². The molecule has 0 aromatic carbocycles. The predicted molar refractivity (Wildman–Crippen MR) is 93.0 cm³/mol. The summed E-state index contributed by atoms with van der Waals surface area (Å²) in [6, 6.07) is 3.69. The van der Waals surface area contributed by atoms with Gasteiger partial charge < -0.3 is 25.0 Å². The predicted octanol–water partition coefficient (Wildman–Crippen LogP) is 0.689. The summed E-state index contributed by atoms with van der Waals surface area (Å²) in [4.78, 5) is 18.8. The lowest BCUT2D eigenvalue weighted by Crippen LogP contribution is -2.45. The van der Waals surface area contributed by atoms with Crippen LogP contribution in [-0.4, -0.2) is 63.0 Å². The molecule has 0 spiro atoms. The number of carbonyl (C=O) groups is 1. The smallest absolute Gasteiger partial charge is 0.254 e. The molecule has 1 atom stereocenters. The Morgan fingerprint density at radius 3 is 2.78 bits per heavy atom. The molecule has 0 aliphatic carbocycles. The molecule has 2 fully saturated rings. The van der Waals surface area contributed by atoms with Crippen molar-refractivity contribution in [3.8, 4) is 0 Å². The lowest BCUT2D eigenvalue weighted by Gasteiger charge is -2.30. The second-order valence-corrected chi connectivity index (χ2v) is 5.03. The molecule has 130 valence electrons. The minimum absolute atomic E-state index is 0. The topological polar surface area (TPSA) is 75.7 Å². The number of halogens is 2. The number of aromatic nitrogens is 1. The van der Waals surface area contributed by atoms with E-state index in [0.29, 0.717) is 26.4 Å². The van der Waals surface area contributed by atoms with Gasteiger partial charge in [-0.3, -0.25) is 4.79 Å². The van der Waals surface area contributed by atoms with Crippen LogP contribution in [0, 0.1) is 0 Å². The average molecular weight is 365 g/mol. The summed E-state index contributed by atoms with van der Waals surface area (Å²) in [5.74, 6) is 0.655. The molecular weight excluding hydrogens is 343 g/mol. The van der Waals surface area contributed by atoms with E-state index in [4.69, 9.17) is 9.47 Å². The van der Waals surface area contributed by atoms with Gasteiger partial charge in [-0.2, -0.15) is 0 Å². The highest BCUT2D eigenvalue weighted by Crippen LogP contribution is 2.23. The van der Waals surface area contributed by atoms with Crippen LogP contribution in [0.1, 0.15) is 0 Å². The van der Waals surface area contributed by atoms with Crippen LogP contribution in [-0.2, 0) is 14.3 Å². The summed E-state index contributed by atoms with van der Waals surface area (Å²) in [7, 11) is 0. The van der Waals surface area contributed by atoms with E-state index in [-0.39, 0.29) is 30.7 Å². The first-order valence-electron chi connectivity index (χ1n) is 7.25. The number of nitrogens with zero attached hydrogens (tertiary/aromatic N) is 2. The maximum absolute atomic E-state index is 12.3. The van der Waals surface area contributed by atoms with E-state index in [1.54, 1.807) is 6.20 Å². The molecule has 3 rings (SSSR count). The molecule has 2 aliphatic rings. The van der Waals surface area contributed by atoms with E-state index in [0.717, 1.165) is 31.1 Å². The first-order valence-corrected chi connectivity index (χ1v) is 7.25. The van der Waals surface area contributed by atoms with Gasteiger partial charge in [-0.15, -0.1) is 24.8 Å². The number of anilines is 2. The fourth-order valence-corrected chi connectivity index (χ4v) is 2.47. The van der Waals surface area contributed by atoms with Gasteiger partial charge >= 0.3 is 0 Å². The summed E-state index contributed by atoms with van der Waals surface area (Å²) in [6.45, 7) is 4.80. The van der Waals surface area contributed by atoms with Gasteiger partial charge in [0.25, 0.3) is 5.91 Å². The Balaban J connectivity index is 0.00000132. The zero-order chi connectivity index (χ0) is 14.5. The van der Waals surface area contributed by atoms with Crippen molar-refractivity contribution in [2.75, 3.05) is 56.2 Å². The lowest BCUT2D eigenvalue weighted by molar-refractivity contribution is -0.128. The van der Waals surface area contributed by atoms with E-state index >= 15 is 0 Å². The van der Waals surface area contributed by atoms with Crippen LogP contribution in [0.2, 0.25) is 0 Å². The summed E-state index contributed by atoms with van der Waals surface area (Å²) in [5.41, 5.74) is 0.721. The molecule has 0 saturated carbocycles. The Hall–Kier alpha value is -1.12. The first-order chi connectivity index (χ1) is 10.3. The monoisotopic (exact) mass is 364 g/mol. The minimum Gasteiger partial charge on any atom is -0.378 e. The molecule has 0 bridgehead atoms. The molecule has 2 saturated heterocycles. The van der Waals surface area contributed by atoms with Crippen molar-refractivity contribution in [3.63, 3.8) is 0 Å². The Bertz CT molecular complexity index is 495. The third-order valence-electron chi connectivity index (χ3n) is 3.58. The summed E-state index contributed by atoms with van der Waals surface area (Å²) in [6.07, 6.45) is 1.29. The van der Waals surface area contributed by atoms with Crippen molar-refractivity contribution in [1.29, 1.82) is 0 Å². The largest absolute Gasteiger partial charge is 0.378 e. The fraction of sp³-hybridized carbons (Fsp3) is 0.571. The molecule has 1 aromatic heterocycles. The molecule has 1 amide bonds. The van der Waals surface area contributed by atoms with E-state index in [1.807, 2.05) is 12.1 Å². The van der Waals surface area contributed by atoms with Crippen molar-refractivity contribution < 1.29 is 14.3 Å². The van der Waals surface area contributed by atoms with Crippen molar-refractivity contribution in [2.24, 2.45) is 0 Å². The van der Waals surface area contributed by atoms with Crippen molar-refractivity contribution in [3.05, 3.63) is 18.3 Å². The number of hydrogen-bond donors (Lipinski definition) is 2. The molecule has 1 aromatic rings. The third kappa shape index (κ3) is 5.19. The summed E-state index contributed by atoms with van der Waals surface area (Å²) >= 11 is 0. The van der Waals surface area contributed by atoms with Crippen LogP contribution in [0.4, 0.5) is 11.5 Å². The highest BCUT2D eigenvalue weighted by molar-refractivity contribution is 5.96. The van der Waals surface area contributed by atoms with Crippen molar-refractivity contribution >= 4 is 42.2 Å². The van der Waals surface area contributed by atoms with Crippen LogP contribution in [0.15, 0.2) is 18.3 Å². The van der Waals surface area contributed by atoms with Gasteiger partial charge in [0.2, 0.25) is 0 Å². The Morgan fingerprint density at radius 2 is 2.09 bits per heavy atom. The van der Waals surface area contributed by atoms with Gasteiger partial charge in [-0.25, -0.2) is 4.98 Å². The maximum Gasteiger partial charge on any atom is 0.254 e. The standard InChI is InChI=1S/C14H20N4O3.2ClH/c19-14(12-10-15-4-7-21-12)17-11-2-1-3-16-13(11)18-5-8-20-9-6-18;;/h1-3,12,15H,4-10H2,(H,17,19);2*1H. The Kier molecular flexibility index (Phi) is 8.57. The quantitative estimate of drug-likeness (QED) is 0.821. The fourth-order valence-electron chi connectivity index (χ4n) is 2.47. The normalized spacial score (nSPS) is 20.9. The molecular formula is C14H22Cl2N4O3. The zero-order valence-corrected chi connectivity index (χ0v) is 14.3. The highest BCUT2D eigenvalue weighted by Gasteiger charge is 2.24. The molecule has 2 aliphatic heterocycles. The van der Waals surface area contributed by atoms with Gasteiger partial charge in [0, 0.05) is 32.4 Å². The van der Waals surface area contributed by atoms with Gasteiger partial charge in [-0.05, 0) is 12.1 Å². The number of nitrogens with one attached hydrogen (secondary N) is 2. The number of pyridine rings is 1. The molecule has 9 heteroatoms. The third-order valence-corrected chi connectivity index (χ3v) is 3.58. The number of rotatable bonds is 3. The Morgan fingerprint density at radius 1 is 1.30 bits per heavy atom. The summed E-state index contributed by atoms with van der Waals surface area (Å²) < 4.78 is 10.8. The zero-order valence-electron chi connectivity index (χ0n) is 12.7. The van der Waals surface area contributed by atoms with Crippen LogP contribution < -0.4 is 15.5 Å².